The van der Waals surface area contributed by atoms with Crippen molar-refractivity contribution in [2.75, 3.05) is 13.1 Å². The van der Waals surface area contributed by atoms with Crippen LogP contribution in [0.2, 0.25) is 0 Å². The van der Waals surface area contributed by atoms with Gasteiger partial charge < -0.3 is 0 Å². The molecule has 0 unspecified atom stereocenters. The van der Waals surface area contributed by atoms with Gasteiger partial charge in [0.25, 0.3) is 5.91 Å². The second kappa shape index (κ2) is 7.73. The number of fused-ring (bicyclic) bond motifs is 2. The Kier molecular flexibility index (Phi) is 5.00. The van der Waals surface area contributed by atoms with Crippen molar-refractivity contribution in [3.8, 4) is 0 Å². The molecule has 27 heavy (non-hydrogen) atoms. The highest BCUT2D eigenvalue weighted by atomic mass is 16.5. The summed E-state index contributed by atoms with van der Waals surface area (Å²) in [4.78, 5) is 13.6. The van der Waals surface area contributed by atoms with Gasteiger partial charge in [0, 0.05) is 31.9 Å². The zero-order valence-corrected chi connectivity index (χ0v) is 15.0. The fourth-order valence-electron chi connectivity index (χ4n) is 3.59. The van der Waals surface area contributed by atoms with Gasteiger partial charge in [0.05, 0.1) is 11.7 Å². The van der Waals surface area contributed by atoms with Crippen LogP contribution in [-0.2, 0) is 24.2 Å². The van der Waals surface area contributed by atoms with E-state index in [0.29, 0.717) is 0 Å². The molecule has 0 fully saturated rings. The van der Waals surface area contributed by atoms with Crippen molar-refractivity contribution in [3.63, 3.8) is 0 Å². The normalized spacial score (nSPS) is 14.6. The van der Waals surface area contributed by atoms with E-state index in [2.05, 4.69) is 28.2 Å². The molecule has 0 atom stereocenters. The summed E-state index contributed by atoms with van der Waals surface area (Å²) in [5.41, 5.74) is 7.70. The Balaban J connectivity index is 1.40. The SMILES string of the molecule is O=C(C=Cc1ccc2c(c1)CCN(CCc1cnn3ccccc13)C2)NO. The van der Waals surface area contributed by atoms with Gasteiger partial charge >= 0.3 is 0 Å². The Morgan fingerprint density at radius 2 is 2.19 bits per heavy atom. The van der Waals surface area contributed by atoms with Gasteiger partial charge in [0.2, 0.25) is 0 Å². The summed E-state index contributed by atoms with van der Waals surface area (Å²) < 4.78 is 1.92. The fourth-order valence-corrected chi connectivity index (χ4v) is 3.59. The summed E-state index contributed by atoms with van der Waals surface area (Å²) in [6.07, 6.45) is 8.97. The molecule has 0 bridgehead atoms. The van der Waals surface area contributed by atoms with Crippen LogP contribution in [0.5, 0.6) is 0 Å². The van der Waals surface area contributed by atoms with E-state index < -0.39 is 5.91 Å². The number of benzene rings is 1. The summed E-state index contributed by atoms with van der Waals surface area (Å²) in [6, 6.07) is 12.4. The lowest BCUT2D eigenvalue weighted by Gasteiger charge is -2.28. The average Bonchev–Trinajstić information content (AvgIpc) is 3.13. The molecule has 2 N–H and O–H groups in total. The van der Waals surface area contributed by atoms with Crippen molar-refractivity contribution < 1.29 is 10.0 Å². The third-order valence-corrected chi connectivity index (χ3v) is 5.06. The second-order valence-corrected chi connectivity index (χ2v) is 6.81. The van der Waals surface area contributed by atoms with Crippen LogP contribution in [0.25, 0.3) is 11.6 Å². The molecule has 6 nitrogen and oxygen atoms in total. The van der Waals surface area contributed by atoms with Gasteiger partial charge in [0.1, 0.15) is 0 Å². The molecule has 138 valence electrons. The van der Waals surface area contributed by atoms with Crippen LogP contribution in [0.1, 0.15) is 22.3 Å². The molecule has 4 rings (SSSR count). The van der Waals surface area contributed by atoms with Gasteiger partial charge in [-0.1, -0.05) is 24.3 Å². The van der Waals surface area contributed by atoms with Crippen LogP contribution >= 0.6 is 0 Å². The van der Waals surface area contributed by atoms with E-state index in [1.807, 2.05) is 35.1 Å². The van der Waals surface area contributed by atoms with E-state index in [9.17, 15) is 4.79 Å². The standard InChI is InChI=1S/C21H22N4O2/c26-21(23-27)7-5-16-4-6-19-15-24(11-8-17(19)13-16)12-9-18-14-22-25-10-2-1-3-20(18)25/h1-7,10,13-14,27H,8-9,11-12,15H2,(H,23,26). The van der Waals surface area contributed by atoms with E-state index in [1.165, 1.54) is 28.3 Å². The van der Waals surface area contributed by atoms with E-state index in [-0.39, 0.29) is 0 Å². The predicted octanol–water partition coefficient (Wildman–Crippen LogP) is 2.45. The third-order valence-electron chi connectivity index (χ3n) is 5.06. The largest absolute Gasteiger partial charge is 0.298 e. The quantitative estimate of drug-likeness (QED) is 0.416. The molecule has 0 saturated heterocycles. The highest BCUT2D eigenvalue weighted by Crippen LogP contribution is 2.22. The van der Waals surface area contributed by atoms with E-state index in [1.54, 1.807) is 11.6 Å². The van der Waals surface area contributed by atoms with E-state index >= 15 is 0 Å². The van der Waals surface area contributed by atoms with E-state index in [0.717, 1.165) is 38.0 Å². The number of hydrogen-bond donors (Lipinski definition) is 2. The molecule has 0 spiro atoms. The molecular weight excluding hydrogens is 340 g/mol. The number of nitrogens with zero attached hydrogens (tertiary/aromatic N) is 3. The fraction of sp³-hybridized carbons (Fsp3) is 0.238. The number of carbonyl (C=O) groups is 1. The van der Waals surface area contributed by atoms with Crippen molar-refractivity contribution >= 4 is 17.5 Å². The van der Waals surface area contributed by atoms with Gasteiger partial charge in [-0.15, -0.1) is 0 Å². The van der Waals surface area contributed by atoms with E-state index in [4.69, 9.17) is 5.21 Å². The first-order valence-electron chi connectivity index (χ1n) is 9.10. The first-order valence-corrected chi connectivity index (χ1v) is 9.10. The average molecular weight is 362 g/mol. The van der Waals surface area contributed by atoms with Crippen LogP contribution < -0.4 is 5.48 Å². The van der Waals surface area contributed by atoms with Crippen molar-refractivity contribution in [1.29, 1.82) is 0 Å². The lowest BCUT2D eigenvalue weighted by molar-refractivity contribution is -0.124. The van der Waals surface area contributed by atoms with Gasteiger partial charge in [-0.05, 0) is 53.3 Å². The Morgan fingerprint density at radius 3 is 3.07 bits per heavy atom. The zero-order valence-electron chi connectivity index (χ0n) is 15.0. The van der Waals surface area contributed by atoms with Crippen molar-refractivity contribution in [2.24, 2.45) is 0 Å². The summed E-state index contributed by atoms with van der Waals surface area (Å²) in [5.74, 6) is -0.522. The maximum absolute atomic E-state index is 11.1. The molecule has 0 aliphatic carbocycles. The Hall–Kier alpha value is -2.96. The molecule has 1 aromatic carbocycles. The smallest absolute Gasteiger partial charge is 0.267 e. The lowest BCUT2D eigenvalue weighted by Crippen LogP contribution is -2.32. The van der Waals surface area contributed by atoms with Crippen LogP contribution in [0, 0.1) is 0 Å². The number of carbonyl (C=O) groups excluding carboxylic acids is 1. The van der Waals surface area contributed by atoms with Gasteiger partial charge in [-0.25, -0.2) is 10.00 Å². The Morgan fingerprint density at radius 1 is 1.26 bits per heavy atom. The maximum Gasteiger partial charge on any atom is 0.267 e. The van der Waals surface area contributed by atoms with Crippen molar-refractivity contribution in [2.45, 2.75) is 19.4 Å². The molecular formula is C21H22N4O2. The molecule has 0 radical (unpaired) electrons. The van der Waals surface area contributed by atoms with Crippen LogP contribution in [0.15, 0.2) is 54.9 Å². The first kappa shape index (κ1) is 17.5. The minimum absolute atomic E-state index is 0.522. The number of aromatic nitrogens is 2. The summed E-state index contributed by atoms with van der Waals surface area (Å²) >= 11 is 0. The number of nitrogens with one attached hydrogen (secondary N) is 1. The van der Waals surface area contributed by atoms with Crippen LogP contribution in [-0.4, -0.2) is 38.7 Å². The molecule has 6 heteroatoms. The predicted molar refractivity (Wildman–Crippen MR) is 103 cm³/mol. The highest BCUT2D eigenvalue weighted by Gasteiger charge is 2.16. The molecule has 1 aliphatic rings. The monoisotopic (exact) mass is 362 g/mol. The van der Waals surface area contributed by atoms with Gasteiger partial charge in [-0.3, -0.25) is 14.9 Å². The summed E-state index contributed by atoms with van der Waals surface area (Å²) in [5, 5.41) is 13.0. The maximum atomic E-state index is 11.1. The summed E-state index contributed by atoms with van der Waals surface area (Å²) in [7, 11) is 0. The topological polar surface area (TPSA) is 69.9 Å². The molecule has 3 aromatic rings. The molecule has 3 heterocycles. The van der Waals surface area contributed by atoms with Crippen molar-refractivity contribution in [3.05, 3.63) is 77.1 Å². The minimum Gasteiger partial charge on any atom is -0.298 e. The van der Waals surface area contributed by atoms with Gasteiger partial charge in [0.15, 0.2) is 0 Å². The number of amides is 1. The molecule has 2 aromatic heterocycles. The van der Waals surface area contributed by atoms with Gasteiger partial charge in [-0.2, -0.15) is 5.10 Å². The van der Waals surface area contributed by atoms with Crippen LogP contribution in [0.3, 0.4) is 0 Å². The van der Waals surface area contributed by atoms with Crippen LogP contribution in [0.4, 0.5) is 0 Å². The number of hydroxylamine groups is 1. The molecule has 1 aliphatic heterocycles. The number of pyridine rings is 1. The second-order valence-electron chi connectivity index (χ2n) is 6.81. The number of hydrogen-bond acceptors (Lipinski definition) is 4. The lowest BCUT2D eigenvalue weighted by atomic mass is 9.97. The molecule has 0 saturated carbocycles. The minimum atomic E-state index is -0.522. The Labute approximate surface area is 157 Å². The zero-order chi connectivity index (χ0) is 18.6. The Bertz CT molecular complexity index is 993. The van der Waals surface area contributed by atoms with Crippen molar-refractivity contribution in [1.82, 2.24) is 20.0 Å². The number of rotatable bonds is 5. The first-order chi connectivity index (χ1) is 13.2. The summed E-state index contributed by atoms with van der Waals surface area (Å²) in [6.45, 7) is 2.97. The third kappa shape index (κ3) is 3.92. The molecule has 1 amide bonds. The highest BCUT2D eigenvalue weighted by molar-refractivity contribution is 5.90.